The van der Waals surface area contributed by atoms with Crippen LogP contribution in [0.4, 0.5) is 10.5 Å². The molecule has 0 fully saturated rings. The first-order valence-electron chi connectivity index (χ1n) is 5.62. The number of rotatable bonds is 4. The lowest BCUT2D eigenvalue weighted by Crippen LogP contribution is -2.39. The number of halogens is 2. The molecule has 7 heteroatoms. The van der Waals surface area contributed by atoms with Gasteiger partial charge in [0.25, 0.3) is 0 Å². The lowest BCUT2D eigenvalue weighted by Gasteiger charge is -2.14. The highest BCUT2D eigenvalue weighted by Crippen LogP contribution is 2.28. The van der Waals surface area contributed by atoms with Crippen molar-refractivity contribution in [2.75, 3.05) is 17.3 Å². The van der Waals surface area contributed by atoms with Gasteiger partial charge in [-0.2, -0.15) is 0 Å². The Morgan fingerprint density at radius 2 is 2.00 bits per heavy atom. The lowest BCUT2D eigenvalue weighted by atomic mass is 10.2. The monoisotopic (exact) mass is 322 g/mol. The maximum atomic E-state index is 11.7. The standard InChI is InChI=1S/C12H16Cl2N2O2S/c1-7-4-10(14)11(5-9(7)13)16-12(17)15-8(2)6-19(3)18/h4-5,8H,6H2,1-3H3,(H2,15,16,17). The molecule has 2 amide bonds. The van der Waals surface area contributed by atoms with E-state index in [0.717, 1.165) is 5.56 Å². The van der Waals surface area contributed by atoms with Crippen LogP contribution in [0.3, 0.4) is 0 Å². The molecule has 106 valence electrons. The molecule has 0 aliphatic carbocycles. The van der Waals surface area contributed by atoms with E-state index in [9.17, 15) is 9.00 Å². The first-order chi connectivity index (χ1) is 8.79. The highest BCUT2D eigenvalue weighted by molar-refractivity contribution is 7.84. The van der Waals surface area contributed by atoms with Gasteiger partial charge in [0, 0.05) is 33.9 Å². The second-order valence-electron chi connectivity index (χ2n) is 4.32. The number of amides is 2. The molecule has 0 saturated heterocycles. The SMILES string of the molecule is Cc1cc(Cl)c(NC(=O)NC(C)CS(C)=O)cc1Cl. The van der Waals surface area contributed by atoms with Crippen LogP contribution in [0.1, 0.15) is 12.5 Å². The molecule has 1 aromatic rings. The van der Waals surface area contributed by atoms with Crippen LogP contribution < -0.4 is 10.6 Å². The third-order valence-electron chi connectivity index (χ3n) is 2.36. The smallest absolute Gasteiger partial charge is 0.319 e. The van der Waals surface area contributed by atoms with Crippen molar-refractivity contribution in [3.63, 3.8) is 0 Å². The summed E-state index contributed by atoms with van der Waals surface area (Å²) in [5.74, 6) is 0.399. The van der Waals surface area contributed by atoms with Crippen molar-refractivity contribution in [2.45, 2.75) is 19.9 Å². The molecule has 1 aromatic carbocycles. The number of hydrogen-bond donors (Lipinski definition) is 2. The molecule has 0 bridgehead atoms. The molecule has 0 heterocycles. The fourth-order valence-corrected chi connectivity index (χ4v) is 2.73. The van der Waals surface area contributed by atoms with Crippen LogP contribution in [-0.2, 0) is 10.8 Å². The van der Waals surface area contributed by atoms with Gasteiger partial charge in [0.2, 0.25) is 0 Å². The van der Waals surface area contributed by atoms with Crippen molar-refractivity contribution >= 4 is 45.7 Å². The third kappa shape index (κ3) is 5.38. The largest absolute Gasteiger partial charge is 0.334 e. The lowest BCUT2D eigenvalue weighted by molar-refractivity contribution is 0.250. The van der Waals surface area contributed by atoms with E-state index in [1.165, 1.54) is 0 Å². The van der Waals surface area contributed by atoms with Crippen molar-refractivity contribution in [3.05, 3.63) is 27.7 Å². The fourth-order valence-electron chi connectivity index (χ4n) is 1.52. The molecule has 0 saturated carbocycles. The van der Waals surface area contributed by atoms with E-state index in [1.54, 1.807) is 25.3 Å². The minimum absolute atomic E-state index is 0.189. The van der Waals surface area contributed by atoms with Gasteiger partial charge in [-0.1, -0.05) is 23.2 Å². The van der Waals surface area contributed by atoms with Crippen molar-refractivity contribution in [2.24, 2.45) is 0 Å². The Morgan fingerprint density at radius 1 is 1.37 bits per heavy atom. The molecular formula is C12H16Cl2N2O2S. The van der Waals surface area contributed by atoms with Crippen molar-refractivity contribution in [1.29, 1.82) is 0 Å². The Balaban J connectivity index is 2.67. The predicted molar refractivity (Wildman–Crippen MR) is 81.7 cm³/mol. The summed E-state index contributed by atoms with van der Waals surface area (Å²) in [5, 5.41) is 6.24. The number of benzene rings is 1. The van der Waals surface area contributed by atoms with E-state index in [2.05, 4.69) is 10.6 Å². The Kier molecular flexibility index (Phi) is 6.10. The molecule has 19 heavy (non-hydrogen) atoms. The van der Waals surface area contributed by atoms with Gasteiger partial charge < -0.3 is 10.6 Å². The van der Waals surface area contributed by atoms with Crippen LogP contribution in [0.15, 0.2) is 12.1 Å². The van der Waals surface area contributed by atoms with E-state index in [-0.39, 0.29) is 6.04 Å². The van der Waals surface area contributed by atoms with Gasteiger partial charge >= 0.3 is 6.03 Å². The zero-order valence-corrected chi connectivity index (χ0v) is 13.2. The molecule has 2 unspecified atom stereocenters. The number of carbonyl (C=O) groups is 1. The summed E-state index contributed by atoms with van der Waals surface area (Å²) in [6.45, 7) is 3.61. The zero-order valence-electron chi connectivity index (χ0n) is 10.9. The van der Waals surface area contributed by atoms with Crippen LogP contribution in [0.2, 0.25) is 10.0 Å². The maximum absolute atomic E-state index is 11.7. The van der Waals surface area contributed by atoms with Gasteiger partial charge in [-0.25, -0.2) is 4.79 Å². The second-order valence-corrected chi connectivity index (χ2v) is 6.61. The molecule has 0 aliphatic heterocycles. The van der Waals surface area contributed by atoms with Crippen LogP contribution in [0.5, 0.6) is 0 Å². The maximum Gasteiger partial charge on any atom is 0.319 e. The highest BCUT2D eigenvalue weighted by atomic mass is 35.5. The Labute approximate surface area is 125 Å². The van der Waals surface area contributed by atoms with Gasteiger partial charge in [-0.3, -0.25) is 4.21 Å². The fraction of sp³-hybridized carbons (Fsp3) is 0.417. The van der Waals surface area contributed by atoms with Gasteiger partial charge in [-0.15, -0.1) is 0 Å². The Morgan fingerprint density at radius 3 is 2.58 bits per heavy atom. The molecule has 2 atom stereocenters. The third-order valence-corrected chi connectivity index (χ3v) is 4.05. The van der Waals surface area contributed by atoms with Crippen molar-refractivity contribution in [1.82, 2.24) is 5.32 Å². The van der Waals surface area contributed by atoms with E-state index in [0.29, 0.717) is 21.5 Å². The highest BCUT2D eigenvalue weighted by Gasteiger charge is 2.11. The van der Waals surface area contributed by atoms with Gasteiger partial charge in [0.1, 0.15) is 0 Å². The summed E-state index contributed by atoms with van der Waals surface area (Å²) >= 11 is 12.0. The van der Waals surface area contributed by atoms with E-state index in [1.807, 2.05) is 6.92 Å². The molecule has 4 nitrogen and oxygen atoms in total. The van der Waals surface area contributed by atoms with E-state index < -0.39 is 16.8 Å². The normalized spacial score (nSPS) is 13.7. The van der Waals surface area contributed by atoms with Crippen LogP contribution in [-0.4, -0.2) is 28.3 Å². The predicted octanol–water partition coefficient (Wildman–Crippen LogP) is 3.19. The topological polar surface area (TPSA) is 58.2 Å². The second kappa shape index (κ2) is 7.12. The summed E-state index contributed by atoms with van der Waals surface area (Å²) in [6.07, 6.45) is 1.59. The van der Waals surface area contributed by atoms with Gasteiger partial charge in [0.15, 0.2) is 0 Å². The van der Waals surface area contributed by atoms with Crippen LogP contribution in [0.25, 0.3) is 0 Å². The Hall–Kier alpha value is -0.780. The van der Waals surface area contributed by atoms with Gasteiger partial charge in [-0.05, 0) is 31.5 Å². The van der Waals surface area contributed by atoms with Gasteiger partial charge in [0.05, 0.1) is 10.7 Å². The summed E-state index contributed by atoms with van der Waals surface area (Å²) in [4.78, 5) is 11.7. The first kappa shape index (κ1) is 16.3. The molecule has 1 rings (SSSR count). The Bertz CT molecular complexity index is 509. The number of nitrogens with one attached hydrogen (secondary N) is 2. The van der Waals surface area contributed by atoms with Crippen molar-refractivity contribution < 1.29 is 9.00 Å². The minimum Gasteiger partial charge on any atom is -0.334 e. The van der Waals surface area contributed by atoms with E-state index in [4.69, 9.17) is 23.2 Å². The van der Waals surface area contributed by atoms with Crippen LogP contribution in [0, 0.1) is 6.92 Å². The number of anilines is 1. The summed E-state index contributed by atoms with van der Waals surface area (Å²) in [6, 6.07) is 2.69. The molecule has 2 N–H and O–H groups in total. The molecule has 0 aromatic heterocycles. The summed E-state index contributed by atoms with van der Waals surface area (Å²) < 4.78 is 11.0. The molecule has 0 radical (unpaired) electrons. The average Bonchev–Trinajstić information content (AvgIpc) is 2.24. The number of urea groups is 1. The molecule has 0 spiro atoms. The average molecular weight is 323 g/mol. The van der Waals surface area contributed by atoms with E-state index >= 15 is 0 Å². The quantitative estimate of drug-likeness (QED) is 0.894. The summed E-state index contributed by atoms with van der Waals surface area (Å²) in [5.41, 5.74) is 1.28. The van der Waals surface area contributed by atoms with Crippen LogP contribution >= 0.6 is 23.2 Å². The molecular weight excluding hydrogens is 307 g/mol. The first-order valence-corrected chi connectivity index (χ1v) is 8.11. The zero-order chi connectivity index (χ0) is 14.6. The minimum atomic E-state index is -0.959. The summed E-state index contributed by atoms with van der Waals surface area (Å²) in [7, 11) is -0.959. The molecule has 0 aliphatic rings. The van der Waals surface area contributed by atoms with Crippen molar-refractivity contribution in [3.8, 4) is 0 Å². The number of carbonyl (C=O) groups excluding carboxylic acids is 1. The number of hydrogen-bond acceptors (Lipinski definition) is 2. The number of aryl methyl sites for hydroxylation is 1.